The first-order valence-electron chi connectivity index (χ1n) is 7.05. The van der Waals surface area contributed by atoms with Gasteiger partial charge in [0.2, 0.25) is 10.0 Å². The molecule has 1 aliphatic heterocycles. The van der Waals surface area contributed by atoms with Crippen molar-refractivity contribution in [1.82, 2.24) is 14.9 Å². The van der Waals surface area contributed by atoms with Crippen LogP contribution in [0.3, 0.4) is 0 Å². The van der Waals surface area contributed by atoms with Gasteiger partial charge in [-0.1, -0.05) is 6.07 Å². The van der Waals surface area contributed by atoms with Crippen molar-refractivity contribution >= 4 is 10.0 Å². The summed E-state index contributed by atoms with van der Waals surface area (Å²) in [6.07, 6.45) is 0.775. The lowest BCUT2D eigenvalue weighted by Crippen LogP contribution is -2.44. The molecule has 0 unspecified atom stereocenters. The first kappa shape index (κ1) is 15.9. The third-order valence-corrected chi connectivity index (χ3v) is 4.88. The monoisotopic (exact) mass is 308 g/mol. The Balaban J connectivity index is 1.82. The quantitative estimate of drug-likeness (QED) is 0.730. The fourth-order valence-electron chi connectivity index (χ4n) is 2.26. The van der Waals surface area contributed by atoms with Gasteiger partial charge < -0.3 is 10.2 Å². The van der Waals surface area contributed by atoms with E-state index in [1.807, 2.05) is 6.07 Å². The number of piperazine rings is 1. The van der Waals surface area contributed by atoms with Gasteiger partial charge in [0, 0.05) is 32.7 Å². The first-order chi connectivity index (χ1) is 10.1. The molecule has 2 rings (SSSR count). The Kier molecular flexibility index (Phi) is 5.70. The molecule has 21 heavy (non-hydrogen) atoms. The van der Waals surface area contributed by atoms with E-state index in [4.69, 9.17) is 5.26 Å². The second kappa shape index (κ2) is 7.52. The van der Waals surface area contributed by atoms with E-state index in [9.17, 15) is 8.42 Å². The topological polar surface area (TPSA) is 85.2 Å². The van der Waals surface area contributed by atoms with Crippen molar-refractivity contribution in [2.45, 2.75) is 11.3 Å². The van der Waals surface area contributed by atoms with Crippen molar-refractivity contribution in [3.05, 3.63) is 29.8 Å². The molecule has 1 aromatic carbocycles. The predicted octanol–water partition coefficient (Wildman–Crippen LogP) is 0.132. The number of nitrogens with zero attached hydrogens (tertiary/aromatic N) is 2. The van der Waals surface area contributed by atoms with Gasteiger partial charge in [0.25, 0.3) is 0 Å². The summed E-state index contributed by atoms with van der Waals surface area (Å²) in [5.74, 6) is 0. The minimum absolute atomic E-state index is 0.142. The maximum absolute atomic E-state index is 12.1. The summed E-state index contributed by atoms with van der Waals surface area (Å²) in [7, 11) is -3.53. The van der Waals surface area contributed by atoms with E-state index in [0.29, 0.717) is 12.1 Å². The van der Waals surface area contributed by atoms with E-state index in [2.05, 4.69) is 14.9 Å². The Hall–Kier alpha value is -1.46. The van der Waals surface area contributed by atoms with Crippen LogP contribution in [0.4, 0.5) is 0 Å². The Morgan fingerprint density at radius 2 is 2.10 bits per heavy atom. The lowest BCUT2D eigenvalue weighted by molar-refractivity contribution is 0.239. The molecule has 0 saturated carbocycles. The summed E-state index contributed by atoms with van der Waals surface area (Å²) < 4.78 is 26.8. The molecule has 0 bridgehead atoms. The zero-order valence-electron chi connectivity index (χ0n) is 11.9. The molecule has 1 aromatic rings. The van der Waals surface area contributed by atoms with E-state index < -0.39 is 10.0 Å². The molecule has 0 aromatic heterocycles. The van der Waals surface area contributed by atoms with Crippen LogP contribution in [0.25, 0.3) is 0 Å². The third-order valence-electron chi connectivity index (χ3n) is 3.43. The molecule has 1 aliphatic rings. The van der Waals surface area contributed by atoms with Gasteiger partial charge in [0.1, 0.15) is 0 Å². The smallest absolute Gasteiger partial charge is 0.240 e. The molecule has 0 atom stereocenters. The fraction of sp³-hybridized carbons (Fsp3) is 0.500. The van der Waals surface area contributed by atoms with Crippen molar-refractivity contribution in [3.8, 4) is 6.07 Å². The van der Waals surface area contributed by atoms with Crippen molar-refractivity contribution in [2.24, 2.45) is 0 Å². The number of hydrogen-bond acceptors (Lipinski definition) is 5. The number of nitriles is 1. The summed E-state index contributed by atoms with van der Waals surface area (Å²) in [6, 6.07) is 8.00. The highest BCUT2D eigenvalue weighted by molar-refractivity contribution is 7.89. The van der Waals surface area contributed by atoms with Crippen LogP contribution < -0.4 is 10.0 Å². The molecule has 1 saturated heterocycles. The summed E-state index contributed by atoms with van der Waals surface area (Å²) in [5, 5.41) is 12.1. The molecule has 6 nitrogen and oxygen atoms in total. The molecule has 7 heteroatoms. The molecule has 0 spiro atoms. The molecular weight excluding hydrogens is 288 g/mol. The molecule has 0 amide bonds. The first-order valence-corrected chi connectivity index (χ1v) is 8.53. The highest BCUT2D eigenvalue weighted by Gasteiger charge is 2.14. The van der Waals surface area contributed by atoms with Crippen LogP contribution in [0.1, 0.15) is 12.0 Å². The highest BCUT2D eigenvalue weighted by Crippen LogP contribution is 2.10. The summed E-state index contributed by atoms with van der Waals surface area (Å²) in [6.45, 7) is 5.30. The van der Waals surface area contributed by atoms with Crippen LogP contribution in [0, 0.1) is 11.3 Å². The third kappa shape index (κ3) is 4.79. The second-order valence-electron chi connectivity index (χ2n) is 4.98. The Bertz CT molecular complexity index is 604. The van der Waals surface area contributed by atoms with Gasteiger partial charge >= 0.3 is 0 Å². The zero-order chi connectivity index (χ0) is 15.1. The summed E-state index contributed by atoms with van der Waals surface area (Å²) >= 11 is 0. The van der Waals surface area contributed by atoms with Crippen LogP contribution in [-0.4, -0.2) is 52.6 Å². The fourth-order valence-corrected chi connectivity index (χ4v) is 3.38. The lowest BCUT2D eigenvalue weighted by Gasteiger charge is -2.27. The molecular formula is C14H20N4O2S. The standard InChI is InChI=1S/C14H20N4O2S/c15-12-13-3-1-4-14(11-13)21(19,20)17-5-2-8-18-9-6-16-7-10-18/h1,3-4,11,16-17H,2,5-10H2. The van der Waals surface area contributed by atoms with E-state index in [-0.39, 0.29) is 4.90 Å². The molecule has 1 heterocycles. The van der Waals surface area contributed by atoms with E-state index in [0.717, 1.165) is 39.1 Å². The minimum atomic E-state index is -3.53. The van der Waals surface area contributed by atoms with Gasteiger partial charge in [-0.05, 0) is 31.2 Å². The maximum Gasteiger partial charge on any atom is 0.240 e. The average molecular weight is 308 g/mol. The van der Waals surface area contributed by atoms with Crippen LogP contribution in [0.2, 0.25) is 0 Å². The lowest BCUT2D eigenvalue weighted by atomic mass is 10.2. The van der Waals surface area contributed by atoms with Crippen LogP contribution >= 0.6 is 0 Å². The van der Waals surface area contributed by atoms with Gasteiger partial charge in [-0.15, -0.1) is 0 Å². The number of rotatable bonds is 6. The number of sulfonamides is 1. The summed E-state index contributed by atoms with van der Waals surface area (Å²) in [4.78, 5) is 2.46. The molecule has 1 fully saturated rings. The Morgan fingerprint density at radius 1 is 1.33 bits per heavy atom. The van der Waals surface area contributed by atoms with Gasteiger partial charge in [-0.3, -0.25) is 0 Å². The largest absolute Gasteiger partial charge is 0.314 e. The molecule has 114 valence electrons. The zero-order valence-corrected chi connectivity index (χ0v) is 12.7. The maximum atomic E-state index is 12.1. The van der Waals surface area contributed by atoms with Gasteiger partial charge in [-0.25, -0.2) is 13.1 Å². The number of nitrogens with one attached hydrogen (secondary N) is 2. The van der Waals surface area contributed by atoms with Crippen molar-refractivity contribution in [1.29, 1.82) is 5.26 Å². The van der Waals surface area contributed by atoms with Crippen molar-refractivity contribution < 1.29 is 8.42 Å². The van der Waals surface area contributed by atoms with E-state index >= 15 is 0 Å². The second-order valence-corrected chi connectivity index (χ2v) is 6.75. The molecule has 2 N–H and O–H groups in total. The highest BCUT2D eigenvalue weighted by atomic mass is 32.2. The van der Waals surface area contributed by atoms with Crippen LogP contribution in [0.15, 0.2) is 29.2 Å². The van der Waals surface area contributed by atoms with Crippen LogP contribution in [0.5, 0.6) is 0 Å². The van der Waals surface area contributed by atoms with Crippen LogP contribution in [-0.2, 0) is 10.0 Å². The normalized spacial score (nSPS) is 16.5. The predicted molar refractivity (Wildman–Crippen MR) is 80.3 cm³/mol. The number of hydrogen-bond donors (Lipinski definition) is 2. The Labute approximate surface area is 125 Å². The summed E-state index contributed by atoms with van der Waals surface area (Å²) in [5.41, 5.74) is 0.346. The minimum Gasteiger partial charge on any atom is -0.314 e. The van der Waals surface area contributed by atoms with Crippen molar-refractivity contribution in [3.63, 3.8) is 0 Å². The number of benzene rings is 1. The van der Waals surface area contributed by atoms with Gasteiger partial charge in [0.15, 0.2) is 0 Å². The van der Waals surface area contributed by atoms with Gasteiger partial charge in [-0.2, -0.15) is 5.26 Å². The van der Waals surface area contributed by atoms with E-state index in [1.54, 1.807) is 12.1 Å². The molecule has 0 aliphatic carbocycles. The molecule has 0 radical (unpaired) electrons. The van der Waals surface area contributed by atoms with Gasteiger partial charge in [0.05, 0.1) is 16.5 Å². The van der Waals surface area contributed by atoms with E-state index in [1.165, 1.54) is 12.1 Å². The average Bonchev–Trinajstić information content (AvgIpc) is 2.53. The van der Waals surface area contributed by atoms with Crippen molar-refractivity contribution in [2.75, 3.05) is 39.3 Å². The SMILES string of the molecule is N#Cc1cccc(S(=O)(=O)NCCCN2CCNCC2)c1. The Morgan fingerprint density at radius 3 is 2.81 bits per heavy atom.